The summed E-state index contributed by atoms with van der Waals surface area (Å²) in [5.41, 5.74) is 1.02. The van der Waals surface area contributed by atoms with Gasteiger partial charge in [0.2, 0.25) is 5.75 Å². The molecule has 0 radical (unpaired) electrons. The van der Waals surface area contributed by atoms with Gasteiger partial charge in [-0.2, -0.15) is 0 Å². The Morgan fingerprint density at radius 2 is 1.52 bits per heavy atom. The summed E-state index contributed by atoms with van der Waals surface area (Å²) in [5.74, 6) is 2.02. The van der Waals surface area contributed by atoms with Crippen molar-refractivity contribution in [3.8, 4) is 17.2 Å². The topological polar surface area (TPSA) is 51.8 Å². The van der Waals surface area contributed by atoms with E-state index in [0.717, 1.165) is 5.69 Å². The third-order valence-electron chi connectivity index (χ3n) is 4.51. The number of piperidine rings is 1. The lowest BCUT2D eigenvalue weighted by atomic mass is 9.99. The summed E-state index contributed by atoms with van der Waals surface area (Å²) in [5, 5.41) is 7.29. The first-order valence-electron chi connectivity index (χ1n) is 7.56. The van der Waals surface area contributed by atoms with Crippen LogP contribution >= 0.6 is 0 Å². The van der Waals surface area contributed by atoms with Gasteiger partial charge in [-0.1, -0.05) is 0 Å². The van der Waals surface area contributed by atoms with E-state index in [1.807, 2.05) is 12.1 Å². The highest BCUT2D eigenvalue weighted by Crippen LogP contribution is 2.40. The van der Waals surface area contributed by atoms with Gasteiger partial charge in [0.25, 0.3) is 0 Å². The third-order valence-corrected chi connectivity index (χ3v) is 4.51. The van der Waals surface area contributed by atoms with Gasteiger partial charge in [0, 0.05) is 35.9 Å². The zero-order chi connectivity index (χ0) is 14.8. The lowest BCUT2D eigenvalue weighted by Gasteiger charge is -2.30. The first-order chi connectivity index (χ1) is 10.2. The van der Waals surface area contributed by atoms with Crippen LogP contribution in [0.25, 0.3) is 0 Å². The van der Waals surface area contributed by atoms with Crippen LogP contribution in [-0.2, 0) is 0 Å². The number of benzene rings is 1. The predicted molar refractivity (Wildman–Crippen MR) is 82.7 cm³/mol. The second-order valence-corrected chi connectivity index (χ2v) is 5.86. The summed E-state index contributed by atoms with van der Waals surface area (Å²) in [6, 6.07) is 5.80. The first kappa shape index (κ1) is 14.3. The molecule has 5 nitrogen and oxygen atoms in total. The molecule has 2 saturated heterocycles. The Morgan fingerprint density at radius 3 is 2.00 bits per heavy atom. The summed E-state index contributed by atoms with van der Waals surface area (Å²) in [6.07, 6.45) is 4.95. The summed E-state index contributed by atoms with van der Waals surface area (Å²) >= 11 is 0. The summed E-state index contributed by atoms with van der Waals surface area (Å²) in [4.78, 5) is 0. The molecular formula is C16H24N2O3. The van der Waals surface area contributed by atoms with Crippen LogP contribution in [0, 0.1) is 0 Å². The number of ether oxygens (including phenoxy) is 3. The van der Waals surface area contributed by atoms with Gasteiger partial charge in [-0.05, 0) is 25.7 Å². The molecule has 0 aliphatic carbocycles. The van der Waals surface area contributed by atoms with Crippen LogP contribution in [0.1, 0.15) is 25.7 Å². The quantitative estimate of drug-likeness (QED) is 0.873. The van der Waals surface area contributed by atoms with E-state index in [0.29, 0.717) is 35.4 Å². The normalized spacial score (nSPS) is 27.3. The molecule has 1 aromatic rings. The van der Waals surface area contributed by atoms with Gasteiger partial charge in [0.05, 0.1) is 21.3 Å². The van der Waals surface area contributed by atoms with Gasteiger partial charge in [-0.25, -0.2) is 0 Å². The molecule has 3 rings (SSSR count). The summed E-state index contributed by atoms with van der Waals surface area (Å²) < 4.78 is 16.2. The van der Waals surface area contributed by atoms with Gasteiger partial charge in [0.15, 0.2) is 11.5 Å². The summed E-state index contributed by atoms with van der Waals surface area (Å²) in [6.45, 7) is 0. The molecule has 0 spiro atoms. The van der Waals surface area contributed by atoms with Gasteiger partial charge in [-0.3, -0.25) is 0 Å². The fraction of sp³-hybridized carbons (Fsp3) is 0.625. The Hall–Kier alpha value is -1.62. The van der Waals surface area contributed by atoms with E-state index in [-0.39, 0.29) is 0 Å². The van der Waals surface area contributed by atoms with Gasteiger partial charge in [-0.15, -0.1) is 0 Å². The minimum Gasteiger partial charge on any atom is -0.493 e. The van der Waals surface area contributed by atoms with Crippen molar-refractivity contribution in [1.29, 1.82) is 0 Å². The van der Waals surface area contributed by atoms with Crippen LogP contribution < -0.4 is 24.8 Å². The van der Waals surface area contributed by atoms with Crippen LogP contribution in [0.4, 0.5) is 5.69 Å². The number of anilines is 1. The number of fused-ring (bicyclic) bond motifs is 2. The Bertz CT molecular complexity index is 469. The smallest absolute Gasteiger partial charge is 0.203 e. The third kappa shape index (κ3) is 2.88. The molecule has 21 heavy (non-hydrogen) atoms. The Kier molecular flexibility index (Phi) is 4.10. The van der Waals surface area contributed by atoms with Crippen LogP contribution in [0.2, 0.25) is 0 Å². The second-order valence-electron chi connectivity index (χ2n) is 5.86. The SMILES string of the molecule is COc1cc(NC2CC3CCC(C2)N3)cc(OC)c1OC. The Balaban J connectivity index is 1.78. The molecule has 116 valence electrons. The largest absolute Gasteiger partial charge is 0.493 e. The molecule has 0 saturated carbocycles. The minimum atomic E-state index is 0.506. The zero-order valence-electron chi connectivity index (χ0n) is 12.9. The van der Waals surface area contributed by atoms with E-state index in [2.05, 4.69) is 10.6 Å². The molecule has 2 fully saturated rings. The second kappa shape index (κ2) is 6.02. The van der Waals surface area contributed by atoms with E-state index in [1.165, 1.54) is 25.7 Å². The zero-order valence-corrected chi connectivity index (χ0v) is 12.9. The maximum Gasteiger partial charge on any atom is 0.203 e. The monoisotopic (exact) mass is 292 g/mol. The van der Waals surface area contributed by atoms with Crippen molar-refractivity contribution in [2.75, 3.05) is 26.6 Å². The molecule has 2 atom stereocenters. The van der Waals surface area contributed by atoms with Gasteiger partial charge < -0.3 is 24.8 Å². The fourth-order valence-corrected chi connectivity index (χ4v) is 3.58. The average molecular weight is 292 g/mol. The molecule has 2 aliphatic rings. The molecule has 1 aromatic carbocycles. The van der Waals surface area contributed by atoms with E-state index in [1.54, 1.807) is 21.3 Å². The lowest BCUT2D eigenvalue weighted by Crippen LogP contribution is -2.43. The number of methoxy groups -OCH3 is 3. The number of rotatable bonds is 5. The highest BCUT2D eigenvalue weighted by molar-refractivity contribution is 5.62. The van der Waals surface area contributed by atoms with Crippen molar-refractivity contribution < 1.29 is 14.2 Å². The number of hydrogen-bond donors (Lipinski definition) is 2. The molecular weight excluding hydrogens is 268 g/mol. The van der Waals surface area contributed by atoms with Gasteiger partial charge >= 0.3 is 0 Å². The highest BCUT2D eigenvalue weighted by atomic mass is 16.5. The van der Waals surface area contributed by atoms with Crippen molar-refractivity contribution >= 4 is 5.69 Å². The van der Waals surface area contributed by atoms with Crippen LogP contribution in [-0.4, -0.2) is 39.5 Å². The maximum atomic E-state index is 5.41. The van der Waals surface area contributed by atoms with E-state index >= 15 is 0 Å². The molecule has 0 amide bonds. The Morgan fingerprint density at radius 1 is 0.952 bits per heavy atom. The highest BCUT2D eigenvalue weighted by Gasteiger charge is 2.33. The van der Waals surface area contributed by atoms with Crippen molar-refractivity contribution in [2.24, 2.45) is 0 Å². The molecule has 2 aliphatic heterocycles. The van der Waals surface area contributed by atoms with E-state index < -0.39 is 0 Å². The first-order valence-corrected chi connectivity index (χ1v) is 7.56. The van der Waals surface area contributed by atoms with Crippen molar-refractivity contribution in [2.45, 2.75) is 43.8 Å². The Labute approximate surface area is 126 Å². The van der Waals surface area contributed by atoms with Crippen LogP contribution in [0.15, 0.2) is 12.1 Å². The minimum absolute atomic E-state index is 0.506. The van der Waals surface area contributed by atoms with Gasteiger partial charge in [0.1, 0.15) is 0 Å². The lowest BCUT2D eigenvalue weighted by molar-refractivity contribution is 0.324. The van der Waals surface area contributed by atoms with Crippen molar-refractivity contribution in [1.82, 2.24) is 5.32 Å². The molecule has 2 unspecified atom stereocenters. The number of hydrogen-bond acceptors (Lipinski definition) is 5. The molecule has 5 heteroatoms. The fourth-order valence-electron chi connectivity index (χ4n) is 3.58. The molecule has 0 aromatic heterocycles. The maximum absolute atomic E-state index is 5.41. The molecule has 2 heterocycles. The van der Waals surface area contributed by atoms with Crippen molar-refractivity contribution in [3.63, 3.8) is 0 Å². The van der Waals surface area contributed by atoms with Crippen molar-refractivity contribution in [3.05, 3.63) is 12.1 Å². The predicted octanol–water partition coefficient (Wildman–Crippen LogP) is 2.41. The molecule has 2 bridgehead atoms. The average Bonchev–Trinajstić information content (AvgIpc) is 2.85. The van der Waals surface area contributed by atoms with Crippen LogP contribution in [0.5, 0.6) is 17.2 Å². The van der Waals surface area contributed by atoms with Crippen LogP contribution in [0.3, 0.4) is 0 Å². The van der Waals surface area contributed by atoms with E-state index in [4.69, 9.17) is 14.2 Å². The standard InChI is InChI=1S/C16H24N2O3/c1-19-14-8-13(9-15(20-2)16(14)21-3)18-12-6-10-4-5-11(7-12)17-10/h8-12,17-18H,4-7H2,1-3H3. The van der Waals surface area contributed by atoms with E-state index in [9.17, 15) is 0 Å². The number of nitrogens with one attached hydrogen (secondary N) is 2. The summed E-state index contributed by atoms with van der Waals surface area (Å²) in [7, 11) is 4.91. The molecule has 2 N–H and O–H groups in total.